The molecular formula is C23H27FN4S. The average molecular weight is 411 g/mol. The molecule has 0 spiro atoms. The molecule has 3 aromatic rings. The van der Waals surface area contributed by atoms with Gasteiger partial charge in [0.1, 0.15) is 5.83 Å². The predicted molar refractivity (Wildman–Crippen MR) is 120 cm³/mol. The van der Waals surface area contributed by atoms with Crippen LogP contribution in [0.5, 0.6) is 0 Å². The summed E-state index contributed by atoms with van der Waals surface area (Å²) in [6.45, 7) is 2.46. The van der Waals surface area contributed by atoms with Crippen LogP contribution in [0.3, 0.4) is 0 Å². The molecule has 0 amide bonds. The third-order valence-electron chi connectivity index (χ3n) is 5.33. The average Bonchev–Trinajstić information content (AvgIpc) is 3.48. The first-order valence-corrected chi connectivity index (χ1v) is 10.7. The van der Waals surface area contributed by atoms with E-state index in [4.69, 9.17) is 5.73 Å². The van der Waals surface area contributed by atoms with Gasteiger partial charge in [-0.05, 0) is 81.6 Å². The topological polar surface area (TPSA) is 47.1 Å². The van der Waals surface area contributed by atoms with Crippen LogP contribution in [0.4, 0.5) is 4.39 Å². The molecule has 2 aromatic heterocycles. The van der Waals surface area contributed by atoms with Gasteiger partial charge in [0.15, 0.2) is 0 Å². The number of hydrogen-bond acceptors (Lipinski definition) is 4. The molecule has 0 aliphatic heterocycles. The Labute approximate surface area is 175 Å². The number of nitrogens with zero attached hydrogens (tertiary/aromatic N) is 3. The number of nitrogens with two attached hydrogens (primary N) is 1. The maximum atomic E-state index is 14.4. The Kier molecular flexibility index (Phi) is 5.76. The van der Waals surface area contributed by atoms with Crippen molar-refractivity contribution in [1.29, 1.82) is 0 Å². The minimum absolute atomic E-state index is 0.196. The van der Waals surface area contributed by atoms with Gasteiger partial charge in [-0.2, -0.15) is 0 Å². The van der Waals surface area contributed by atoms with E-state index in [1.54, 1.807) is 11.9 Å². The second-order valence-corrected chi connectivity index (χ2v) is 9.18. The van der Waals surface area contributed by atoms with Crippen LogP contribution < -0.4 is 5.73 Å². The van der Waals surface area contributed by atoms with E-state index < -0.39 is 0 Å². The monoisotopic (exact) mass is 410 g/mol. The number of aromatic nitrogens is 2. The Morgan fingerprint density at radius 3 is 2.79 bits per heavy atom. The van der Waals surface area contributed by atoms with Crippen LogP contribution in [0.1, 0.15) is 30.0 Å². The van der Waals surface area contributed by atoms with Crippen molar-refractivity contribution in [3.63, 3.8) is 0 Å². The van der Waals surface area contributed by atoms with E-state index in [2.05, 4.69) is 45.0 Å². The molecule has 0 radical (unpaired) electrons. The molecule has 0 unspecified atom stereocenters. The summed E-state index contributed by atoms with van der Waals surface area (Å²) in [7, 11) is 4.03. The first-order valence-electron chi connectivity index (χ1n) is 9.96. The molecule has 0 atom stereocenters. The van der Waals surface area contributed by atoms with Crippen molar-refractivity contribution >= 4 is 22.9 Å². The third-order valence-corrected chi connectivity index (χ3v) is 6.13. The van der Waals surface area contributed by atoms with E-state index in [-0.39, 0.29) is 18.9 Å². The molecular weight excluding hydrogens is 383 g/mol. The number of fused-ring (bicyclic) bond motifs is 1. The number of allylic oxidation sites excluding steroid dienone is 1. The van der Waals surface area contributed by atoms with Crippen LogP contribution in [0.25, 0.3) is 22.0 Å². The Balaban J connectivity index is 1.88. The fourth-order valence-electron chi connectivity index (χ4n) is 3.90. The largest absolute Gasteiger partial charge is 0.337 e. The van der Waals surface area contributed by atoms with Crippen LogP contribution in [0, 0.1) is 6.92 Å². The molecule has 2 heterocycles. The second kappa shape index (κ2) is 8.30. The number of halogens is 1. The fraction of sp³-hybridized carbons (Fsp3) is 0.348. The second-order valence-electron chi connectivity index (χ2n) is 7.80. The molecule has 0 bridgehead atoms. The summed E-state index contributed by atoms with van der Waals surface area (Å²) in [4.78, 5) is 5.56. The highest BCUT2D eigenvalue weighted by atomic mass is 32.2. The molecule has 1 fully saturated rings. The van der Waals surface area contributed by atoms with Gasteiger partial charge in [-0.25, -0.2) is 4.39 Å². The lowest BCUT2D eigenvalue weighted by atomic mass is 10.0. The Morgan fingerprint density at radius 2 is 2.10 bits per heavy atom. The number of benzene rings is 1. The van der Waals surface area contributed by atoms with Gasteiger partial charge in [-0.3, -0.25) is 9.29 Å². The van der Waals surface area contributed by atoms with Crippen molar-refractivity contribution < 1.29 is 4.39 Å². The van der Waals surface area contributed by atoms with Crippen LogP contribution in [0.2, 0.25) is 0 Å². The van der Waals surface area contributed by atoms with Crippen molar-refractivity contribution in [3.8, 4) is 11.1 Å². The lowest BCUT2D eigenvalue weighted by Gasteiger charge is -2.10. The van der Waals surface area contributed by atoms with E-state index in [9.17, 15) is 4.39 Å². The molecule has 152 valence electrons. The van der Waals surface area contributed by atoms with Crippen molar-refractivity contribution in [2.75, 3.05) is 20.6 Å². The van der Waals surface area contributed by atoms with Gasteiger partial charge in [-0.1, -0.05) is 6.07 Å². The summed E-state index contributed by atoms with van der Waals surface area (Å²) in [6.07, 6.45) is 7.74. The smallest absolute Gasteiger partial charge is 0.117 e. The zero-order valence-electron chi connectivity index (χ0n) is 17.2. The first-order chi connectivity index (χ1) is 14.0. The Morgan fingerprint density at radius 1 is 1.31 bits per heavy atom. The molecule has 1 aliphatic carbocycles. The van der Waals surface area contributed by atoms with Gasteiger partial charge < -0.3 is 10.3 Å². The van der Waals surface area contributed by atoms with Crippen molar-refractivity contribution in [2.45, 2.75) is 37.1 Å². The third kappa shape index (κ3) is 4.25. The van der Waals surface area contributed by atoms with Crippen LogP contribution >= 0.6 is 11.9 Å². The SMILES string of the molecule is Cc1c(-c2cncc(SN(C)C)c2)c2cc(C3CC3)ccc2n1C/C(F)=C/CN. The van der Waals surface area contributed by atoms with E-state index in [0.29, 0.717) is 5.92 Å². The molecule has 0 saturated heterocycles. The Hall–Kier alpha value is -2.15. The minimum atomic E-state index is -0.208. The summed E-state index contributed by atoms with van der Waals surface area (Å²) >= 11 is 1.64. The van der Waals surface area contributed by atoms with Crippen molar-refractivity contribution in [3.05, 3.63) is 59.8 Å². The number of rotatable bonds is 7. The number of hydrogen-bond donors (Lipinski definition) is 1. The lowest BCUT2D eigenvalue weighted by Crippen LogP contribution is -2.03. The maximum absolute atomic E-state index is 14.4. The quantitative estimate of drug-likeness (QED) is 0.539. The molecule has 1 aliphatic rings. The Bertz CT molecular complexity index is 1070. The van der Waals surface area contributed by atoms with Gasteiger partial charge in [0.05, 0.1) is 6.54 Å². The van der Waals surface area contributed by atoms with Crippen LogP contribution in [-0.4, -0.2) is 34.5 Å². The highest BCUT2D eigenvalue weighted by molar-refractivity contribution is 7.97. The molecule has 29 heavy (non-hydrogen) atoms. The number of pyridine rings is 1. The van der Waals surface area contributed by atoms with Gasteiger partial charge >= 0.3 is 0 Å². The molecule has 6 heteroatoms. The van der Waals surface area contributed by atoms with Gasteiger partial charge in [0, 0.05) is 51.6 Å². The van der Waals surface area contributed by atoms with Gasteiger partial charge in [0.2, 0.25) is 0 Å². The lowest BCUT2D eigenvalue weighted by molar-refractivity contribution is 0.555. The summed E-state index contributed by atoms with van der Waals surface area (Å²) in [5.74, 6) is 0.457. The van der Waals surface area contributed by atoms with E-state index in [0.717, 1.165) is 27.2 Å². The summed E-state index contributed by atoms with van der Waals surface area (Å²) in [5, 5.41) is 1.17. The van der Waals surface area contributed by atoms with E-state index in [1.807, 2.05) is 26.5 Å². The van der Waals surface area contributed by atoms with Crippen LogP contribution in [0.15, 0.2) is 53.5 Å². The molecule has 4 nitrogen and oxygen atoms in total. The zero-order valence-corrected chi connectivity index (χ0v) is 18.0. The summed E-state index contributed by atoms with van der Waals surface area (Å²) in [5.41, 5.74) is 11.2. The maximum Gasteiger partial charge on any atom is 0.117 e. The normalized spacial score (nSPS) is 14.9. The summed E-state index contributed by atoms with van der Waals surface area (Å²) in [6, 6.07) is 8.80. The highest BCUT2D eigenvalue weighted by Gasteiger charge is 2.25. The van der Waals surface area contributed by atoms with E-state index in [1.165, 1.54) is 29.9 Å². The molecule has 4 rings (SSSR count). The molecule has 2 N–H and O–H groups in total. The van der Waals surface area contributed by atoms with Crippen molar-refractivity contribution in [1.82, 2.24) is 13.9 Å². The zero-order chi connectivity index (χ0) is 20.5. The first kappa shape index (κ1) is 20.1. The standard InChI is InChI=1S/C23H27FN4S/c1-15-23(18-10-20(13-26-12-18)29-27(2)3)21-11-17(16-4-5-16)6-7-22(21)28(15)14-19(24)8-9-25/h6-8,10-13,16H,4-5,9,14,25H2,1-3H3/b19-8-. The van der Waals surface area contributed by atoms with Crippen LogP contribution in [-0.2, 0) is 6.54 Å². The predicted octanol–water partition coefficient (Wildman–Crippen LogP) is 5.27. The molecule has 1 saturated carbocycles. The van der Waals surface area contributed by atoms with E-state index >= 15 is 0 Å². The van der Waals surface area contributed by atoms with Gasteiger partial charge in [0.25, 0.3) is 0 Å². The summed E-state index contributed by atoms with van der Waals surface area (Å²) < 4.78 is 18.5. The minimum Gasteiger partial charge on any atom is -0.337 e. The fourth-order valence-corrected chi connectivity index (χ4v) is 4.61. The highest BCUT2D eigenvalue weighted by Crippen LogP contribution is 2.43. The van der Waals surface area contributed by atoms with Gasteiger partial charge in [-0.15, -0.1) is 0 Å². The van der Waals surface area contributed by atoms with Crippen molar-refractivity contribution in [2.24, 2.45) is 5.73 Å². The molecule has 1 aromatic carbocycles.